The number of aromatic nitrogens is 3. The molecule has 0 atom stereocenters. The van der Waals surface area contributed by atoms with Crippen molar-refractivity contribution in [2.24, 2.45) is 5.73 Å². The standard InChI is InChI=1S/C23H24ClN5O4S2/c1-5-10-29-20(14-8-6-7-9-15(14)24)27-28-23(29)34-11-16(30)26-21-17(22(32)33-12(2)3)13(4)18(35-21)19(25)31/h5-9,12H,1,10-11H2,2-4H3,(H2,25,31)(H,26,30). The number of allylic oxidation sites excluding steroid dienone is 1. The fraction of sp³-hybridized carbons (Fsp3) is 0.261. The third-order valence-corrected chi connectivity index (χ3v) is 7.16. The number of carbonyl (C=O) groups excluding carboxylic acids is 3. The first-order chi connectivity index (χ1) is 16.6. The summed E-state index contributed by atoms with van der Waals surface area (Å²) in [5.74, 6) is -1.21. The minimum Gasteiger partial charge on any atom is -0.459 e. The molecule has 0 saturated carbocycles. The lowest BCUT2D eigenvalue weighted by Crippen LogP contribution is -2.18. The Balaban J connectivity index is 1.81. The predicted octanol–water partition coefficient (Wildman–Crippen LogP) is 4.55. The van der Waals surface area contributed by atoms with Gasteiger partial charge < -0.3 is 15.8 Å². The van der Waals surface area contributed by atoms with Crippen molar-refractivity contribution in [1.29, 1.82) is 0 Å². The number of primary amides is 1. The second-order valence-electron chi connectivity index (χ2n) is 7.60. The Hall–Kier alpha value is -3.15. The van der Waals surface area contributed by atoms with E-state index in [-0.39, 0.29) is 27.3 Å². The number of hydrogen-bond donors (Lipinski definition) is 2. The lowest BCUT2D eigenvalue weighted by atomic mass is 10.1. The molecule has 0 aliphatic heterocycles. The number of esters is 1. The molecule has 0 fully saturated rings. The average molecular weight is 534 g/mol. The minimum absolute atomic E-state index is 0.0285. The van der Waals surface area contributed by atoms with Crippen LogP contribution >= 0.6 is 34.7 Å². The van der Waals surface area contributed by atoms with Crippen LogP contribution in [0.25, 0.3) is 11.4 Å². The lowest BCUT2D eigenvalue weighted by Gasteiger charge is -2.11. The van der Waals surface area contributed by atoms with Gasteiger partial charge in [-0.2, -0.15) is 0 Å². The van der Waals surface area contributed by atoms with E-state index < -0.39 is 17.8 Å². The van der Waals surface area contributed by atoms with Gasteiger partial charge in [0.2, 0.25) is 5.91 Å². The van der Waals surface area contributed by atoms with Crippen LogP contribution in [0, 0.1) is 6.92 Å². The molecule has 0 radical (unpaired) electrons. The van der Waals surface area contributed by atoms with E-state index in [0.717, 1.165) is 23.1 Å². The number of rotatable bonds is 10. The van der Waals surface area contributed by atoms with E-state index in [1.165, 1.54) is 0 Å². The highest BCUT2D eigenvalue weighted by Crippen LogP contribution is 2.34. The van der Waals surface area contributed by atoms with Gasteiger partial charge in [0, 0.05) is 12.1 Å². The molecular formula is C23H24ClN5O4S2. The molecule has 2 heterocycles. The van der Waals surface area contributed by atoms with E-state index in [1.807, 2.05) is 18.2 Å². The smallest absolute Gasteiger partial charge is 0.341 e. The molecule has 2 amide bonds. The molecule has 12 heteroatoms. The number of thioether (sulfide) groups is 1. The van der Waals surface area contributed by atoms with Gasteiger partial charge in [-0.25, -0.2) is 4.79 Å². The number of carbonyl (C=O) groups is 3. The van der Waals surface area contributed by atoms with Crippen LogP contribution in [0.15, 0.2) is 42.1 Å². The molecule has 3 aromatic rings. The zero-order valence-corrected chi connectivity index (χ0v) is 21.7. The molecule has 0 spiro atoms. The molecule has 1 aromatic carbocycles. The predicted molar refractivity (Wildman–Crippen MR) is 138 cm³/mol. The first-order valence-corrected chi connectivity index (χ1v) is 12.7. The third-order valence-electron chi connectivity index (χ3n) is 4.65. The molecule has 3 rings (SSSR count). The van der Waals surface area contributed by atoms with Gasteiger partial charge >= 0.3 is 5.97 Å². The largest absolute Gasteiger partial charge is 0.459 e. The van der Waals surface area contributed by atoms with Gasteiger partial charge in [0.1, 0.15) is 5.00 Å². The van der Waals surface area contributed by atoms with Crippen molar-refractivity contribution in [1.82, 2.24) is 14.8 Å². The van der Waals surface area contributed by atoms with Gasteiger partial charge in [-0.05, 0) is 38.5 Å². The van der Waals surface area contributed by atoms with Crippen molar-refractivity contribution in [3.8, 4) is 11.4 Å². The number of thiophene rings is 1. The molecule has 35 heavy (non-hydrogen) atoms. The Morgan fingerprint density at radius 1 is 1.31 bits per heavy atom. The number of nitrogens with one attached hydrogen (secondary N) is 1. The Bertz CT molecular complexity index is 1280. The normalized spacial score (nSPS) is 10.9. The fourth-order valence-electron chi connectivity index (χ4n) is 3.18. The van der Waals surface area contributed by atoms with Crippen LogP contribution in [-0.2, 0) is 16.1 Å². The van der Waals surface area contributed by atoms with E-state index in [2.05, 4.69) is 22.1 Å². The van der Waals surface area contributed by atoms with Crippen LogP contribution in [0.2, 0.25) is 5.02 Å². The number of nitrogens with zero attached hydrogens (tertiary/aromatic N) is 3. The first kappa shape index (κ1) is 26.5. The summed E-state index contributed by atoms with van der Waals surface area (Å²) in [6.07, 6.45) is 1.32. The fourth-order valence-corrected chi connectivity index (χ4v) is 5.21. The van der Waals surface area contributed by atoms with E-state index in [1.54, 1.807) is 37.5 Å². The number of halogens is 1. The summed E-state index contributed by atoms with van der Waals surface area (Å²) in [6.45, 7) is 9.20. The summed E-state index contributed by atoms with van der Waals surface area (Å²) >= 11 is 8.42. The number of ether oxygens (including phenoxy) is 1. The van der Waals surface area contributed by atoms with Gasteiger partial charge in [0.15, 0.2) is 11.0 Å². The number of amides is 2. The molecular weight excluding hydrogens is 510 g/mol. The van der Waals surface area contributed by atoms with Crippen molar-refractivity contribution in [2.75, 3.05) is 11.1 Å². The van der Waals surface area contributed by atoms with E-state index >= 15 is 0 Å². The summed E-state index contributed by atoms with van der Waals surface area (Å²) in [7, 11) is 0. The Kier molecular flexibility index (Phi) is 8.71. The van der Waals surface area contributed by atoms with Crippen LogP contribution in [0.1, 0.15) is 39.4 Å². The van der Waals surface area contributed by atoms with Gasteiger partial charge in [-0.1, -0.05) is 41.6 Å². The third kappa shape index (κ3) is 6.11. The van der Waals surface area contributed by atoms with Gasteiger partial charge in [-0.3, -0.25) is 14.2 Å². The molecule has 0 bridgehead atoms. The molecule has 0 aliphatic rings. The number of anilines is 1. The van der Waals surface area contributed by atoms with Gasteiger partial charge in [-0.15, -0.1) is 28.1 Å². The van der Waals surface area contributed by atoms with Gasteiger partial charge in [0.25, 0.3) is 5.91 Å². The summed E-state index contributed by atoms with van der Waals surface area (Å²) < 4.78 is 7.08. The molecule has 3 N–H and O–H groups in total. The highest BCUT2D eigenvalue weighted by atomic mass is 35.5. The number of nitrogens with two attached hydrogens (primary N) is 1. The van der Waals surface area contributed by atoms with Crippen LogP contribution in [0.3, 0.4) is 0 Å². The van der Waals surface area contributed by atoms with Crippen molar-refractivity contribution in [3.63, 3.8) is 0 Å². The number of benzene rings is 1. The highest BCUT2D eigenvalue weighted by molar-refractivity contribution is 7.99. The summed E-state index contributed by atoms with van der Waals surface area (Å²) in [5, 5.41) is 12.4. The molecule has 0 aliphatic carbocycles. The maximum Gasteiger partial charge on any atom is 0.341 e. The minimum atomic E-state index is -0.689. The Morgan fingerprint density at radius 2 is 2.03 bits per heavy atom. The summed E-state index contributed by atoms with van der Waals surface area (Å²) in [5.41, 5.74) is 6.63. The quantitative estimate of drug-likeness (QED) is 0.222. The average Bonchev–Trinajstić information content (AvgIpc) is 3.33. The maximum absolute atomic E-state index is 12.8. The Labute approximate surface area is 215 Å². The lowest BCUT2D eigenvalue weighted by molar-refractivity contribution is -0.113. The maximum atomic E-state index is 12.8. The van der Waals surface area contributed by atoms with Crippen molar-refractivity contribution < 1.29 is 19.1 Å². The topological polar surface area (TPSA) is 129 Å². The molecule has 2 aromatic heterocycles. The summed E-state index contributed by atoms with van der Waals surface area (Å²) in [4.78, 5) is 37.4. The van der Waals surface area contributed by atoms with Crippen molar-refractivity contribution in [3.05, 3.63) is 57.9 Å². The van der Waals surface area contributed by atoms with Crippen molar-refractivity contribution >= 4 is 57.5 Å². The Morgan fingerprint density at radius 3 is 2.66 bits per heavy atom. The van der Waals surface area contributed by atoms with Gasteiger partial charge in [0.05, 0.1) is 27.3 Å². The van der Waals surface area contributed by atoms with Crippen LogP contribution in [-0.4, -0.2) is 44.4 Å². The molecule has 0 saturated heterocycles. The summed E-state index contributed by atoms with van der Waals surface area (Å²) in [6, 6.07) is 7.26. The zero-order chi connectivity index (χ0) is 25.7. The second kappa shape index (κ2) is 11.5. The van der Waals surface area contributed by atoms with Crippen LogP contribution < -0.4 is 11.1 Å². The first-order valence-electron chi connectivity index (χ1n) is 10.5. The van der Waals surface area contributed by atoms with Crippen LogP contribution in [0.4, 0.5) is 5.00 Å². The van der Waals surface area contributed by atoms with E-state index in [4.69, 9.17) is 22.1 Å². The monoisotopic (exact) mass is 533 g/mol. The van der Waals surface area contributed by atoms with E-state index in [0.29, 0.717) is 33.7 Å². The van der Waals surface area contributed by atoms with E-state index in [9.17, 15) is 14.4 Å². The SMILES string of the molecule is C=CCn1c(SCC(=O)Nc2sc(C(N)=O)c(C)c2C(=O)OC(C)C)nnc1-c1ccccc1Cl. The second-order valence-corrected chi connectivity index (χ2v) is 9.97. The number of hydrogen-bond acceptors (Lipinski definition) is 8. The molecule has 0 unspecified atom stereocenters. The van der Waals surface area contributed by atoms with Crippen molar-refractivity contribution in [2.45, 2.75) is 38.6 Å². The van der Waals surface area contributed by atoms with Crippen LogP contribution in [0.5, 0.6) is 0 Å². The molecule has 184 valence electrons. The highest BCUT2D eigenvalue weighted by Gasteiger charge is 2.26. The zero-order valence-electron chi connectivity index (χ0n) is 19.3. The molecule has 9 nitrogen and oxygen atoms in total.